The normalized spacial score (nSPS) is 21.8. The zero-order valence-corrected chi connectivity index (χ0v) is 10.8. The number of nitrogens with two attached hydrogens (primary N) is 1. The van der Waals surface area contributed by atoms with Crippen LogP contribution in [0.4, 0.5) is 0 Å². The van der Waals surface area contributed by atoms with Crippen LogP contribution in [0.15, 0.2) is 30.3 Å². The first-order valence-electron chi connectivity index (χ1n) is 6.47. The molecule has 4 heteroatoms. The van der Waals surface area contributed by atoms with Crippen molar-refractivity contribution in [2.24, 2.45) is 5.73 Å². The van der Waals surface area contributed by atoms with Gasteiger partial charge in [0.15, 0.2) is 0 Å². The van der Waals surface area contributed by atoms with Crippen molar-refractivity contribution >= 4 is 5.91 Å². The van der Waals surface area contributed by atoms with Crippen molar-refractivity contribution in [3.8, 4) is 0 Å². The molecule has 0 aliphatic carbocycles. The van der Waals surface area contributed by atoms with Crippen molar-refractivity contribution in [2.75, 3.05) is 13.1 Å². The third kappa shape index (κ3) is 3.55. The third-order valence-electron chi connectivity index (χ3n) is 3.28. The van der Waals surface area contributed by atoms with E-state index in [0.717, 1.165) is 26.1 Å². The number of carbonyl (C=O) groups excluding carboxylic acids is 1. The van der Waals surface area contributed by atoms with Gasteiger partial charge in [0.1, 0.15) is 0 Å². The van der Waals surface area contributed by atoms with Crippen LogP contribution >= 0.6 is 0 Å². The molecule has 2 atom stereocenters. The lowest BCUT2D eigenvalue weighted by atomic mass is 10.2. The van der Waals surface area contributed by atoms with E-state index in [9.17, 15) is 4.79 Å². The first kappa shape index (κ1) is 13.1. The second kappa shape index (κ2) is 5.98. The summed E-state index contributed by atoms with van der Waals surface area (Å²) in [6.07, 6.45) is 1.01. The van der Waals surface area contributed by atoms with E-state index in [2.05, 4.69) is 34.5 Å². The van der Waals surface area contributed by atoms with Crippen molar-refractivity contribution in [3.05, 3.63) is 35.9 Å². The standard InChI is InChI=1S/C14H21N3O/c1-11(15)14(18)16-13-7-8-17(10-13)9-12-5-3-2-4-6-12/h2-6,11,13H,7-10,15H2,1H3,(H,16,18)/t11-,13?/m1/s1. The van der Waals surface area contributed by atoms with Crippen molar-refractivity contribution in [1.82, 2.24) is 10.2 Å². The molecule has 1 heterocycles. The van der Waals surface area contributed by atoms with Crippen molar-refractivity contribution < 1.29 is 4.79 Å². The van der Waals surface area contributed by atoms with Crippen LogP contribution in [-0.2, 0) is 11.3 Å². The smallest absolute Gasteiger partial charge is 0.236 e. The SMILES string of the molecule is C[C@@H](N)C(=O)NC1CCN(Cc2ccccc2)C1. The molecule has 0 aromatic heterocycles. The third-order valence-corrected chi connectivity index (χ3v) is 3.28. The lowest BCUT2D eigenvalue weighted by Crippen LogP contribution is -2.44. The van der Waals surface area contributed by atoms with E-state index < -0.39 is 6.04 Å². The predicted molar refractivity (Wildman–Crippen MR) is 71.9 cm³/mol. The number of nitrogens with one attached hydrogen (secondary N) is 1. The van der Waals surface area contributed by atoms with Crippen LogP contribution in [0.5, 0.6) is 0 Å². The number of hydrogen-bond donors (Lipinski definition) is 2. The van der Waals surface area contributed by atoms with Gasteiger partial charge in [-0.25, -0.2) is 0 Å². The predicted octanol–water partition coefficient (Wildman–Crippen LogP) is 0.724. The number of carbonyl (C=O) groups is 1. The maximum Gasteiger partial charge on any atom is 0.236 e. The van der Waals surface area contributed by atoms with E-state index in [1.165, 1.54) is 5.56 Å². The molecule has 0 radical (unpaired) electrons. The number of likely N-dealkylation sites (tertiary alicyclic amines) is 1. The first-order valence-corrected chi connectivity index (χ1v) is 6.47. The summed E-state index contributed by atoms with van der Waals surface area (Å²) in [6.45, 7) is 4.60. The molecule has 18 heavy (non-hydrogen) atoms. The summed E-state index contributed by atoms with van der Waals surface area (Å²) in [7, 11) is 0. The molecule has 0 spiro atoms. The monoisotopic (exact) mass is 247 g/mol. The fourth-order valence-corrected chi connectivity index (χ4v) is 2.27. The molecule has 98 valence electrons. The molecule has 2 rings (SSSR count). The Balaban J connectivity index is 1.80. The van der Waals surface area contributed by atoms with Crippen LogP contribution in [0.2, 0.25) is 0 Å². The lowest BCUT2D eigenvalue weighted by Gasteiger charge is -2.17. The van der Waals surface area contributed by atoms with Gasteiger partial charge in [-0.05, 0) is 18.9 Å². The Bertz CT molecular complexity index is 391. The van der Waals surface area contributed by atoms with Crippen LogP contribution in [0.3, 0.4) is 0 Å². The maximum absolute atomic E-state index is 11.5. The molecule has 1 aliphatic heterocycles. The summed E-state index contributed by atoms with van der Waals surface area (Å²) >= 11 is 0. The van der Waals surface area contributed by atoms with Gasteiger partial charge in [-0.2, -0.15) is 0 Å². The van der Waals surface area contributed by atoms with E-state index in [-0.39, 0.29) is 11.9 Å². The number of nitrogens with zero attached hydrogens (tertiary/aromatic N) is 1. The van der Waals surface area contributed by atoms with Gasteiger partial charge in [0.25, 0.3) is 0 Å². The minimum absolute atomic E-state index is 0.0541. The fraction of sp³-hybridized carbons (Fsp3) is 0.500. The zero-order valence-electron chi connectivity index (χ0n) is 10.8. The number of hydrogen-bond acceptors (Lipinski definition) is 3. The average Bonchev–Trinajstić information content (AvgIpc) is 2.77. The van der Waals surface area contributed by atoms with Crippen LogP contribution in [0.1, 0.15) is 18.9 Å². The van der Waals surface area contributed by atoms with Crippen LogP contribution in [0.25, 0.3) is 0 Å². The first-order chi connectivity index (χ1) is 8.65. The minimum Gasteiger partial charge on any atom is -0.351 e. The van der Waals surface area contributed by atoms with Gasteiger partial charge in [-0.15, -0.1) is 0 Å². The van der Waals surface area contributed by atoms with Crippen LogP contribution < -0.4 is 11.1 Å². The molecule has 1 aromatic rings. The molecule has 1 unspecified atom stereocenters. The summed E-state index contributed by atoms with van der Waals surface area (Å²) in [5, 5.41) is 2.99. The average molecular weight is 247 g/mol. The zero-order chi connectivity index (χ0) is 13.0. The highest BCUT2D eigenvalue weighted by Gasteiger charge is 2.24. The van der Waals surface area contributed by atoms with E-state index in [1.807, 2.05) is 6.07 Å². The van der Waals surface area contributed by atoms with Gasteiger partial charge in [-0.3, -0.25) is 9.69 Å². The molecule has 4 nitrogen and oxygen atoms in total. The van der Waals surface area contributed by atoms with Crippen LogP contribution in [0, 0.1) is 0 Å². The highest BCUT2D eigenvalue weighted by atomic mass is 16.2. The van der Waals surface area contributed by atoms with Crippen molar-refractivity contribution in [2.45, 2.75) is 32.0 Å². The highest BCUT2D eigenvalue weighted by molar-refractivity contribution is 5.81. The topological polar surface area (TPSA) is 58.4 Å². The molecule has 0 saturated carbocycles. The molecule has 1 aliphatic rings. The van der Waals surface area contributed by atoms with E-state index in [0.29, 0.717) is 0 Å². The largest absolute Gasteiger partial charge is 0.351 e. The van der Waals surface area contributed by atoms with E-state index in [4.69, 9.17) is 5.73 Å². The summed E-state index contributed by atoms with van der Waals surface area (Å²) in [4.78, 5) is 13.9. The Morgan fingerprint density at radius 3 is 2.89 bits per heavy atom. The Kier molecular flexibility index (Phi) is 4.33. The molecular weight excluding hydrogens is 226 g/mol. The summed E-state index contributed by atoms with van der Waals surface area (Å²) in [5.74, 6) is -0.0541. The van der Waals surface area contributed by atoms with Crippen LogP contribution in [-0.4, -0.2) is 36.0 Å². The molecule has 1 aromatic carbocycles. The molecule has 0 bridgehead atoms. The Labute approximate surface area is 108 Å². The summed E-state index contributed by atoms with van der Waals surface area (Å²) in [6, 6.07) is 10.2. The Hall–Kier alpha value is -1.39. The molecule has 3 N–H and O–H groups in total. The Morgan fingerprint density at radius 1 is 1.50 bits per heavy atom. The Morgan fingerprint density at radius 2 is 2.22 bits per heavy atom. The maximum atomic E-state index is 11.5. The second-order valence-corrected chi connectivity index (χ2v) is 5.00. The number of rotatable bonds is 4. The van der Waals surface area contributed by atoms with Gasteiger partial charge in [0.2, 0.25) is 5.91 Å². The molecular formula is C14H21N3O. The van der Waals surface area contributed by atoms with Crippen molar-refractivity contribution in [1.29, 1.82) is 0 Å². The summed E-state index contributed by atoms with van der Waals surface area (Å²) < 4.78 is 0. The fourth-order valence-electron chi connectivity index (χ4n) is 2.27. The second-order valence-electron chi connectivity index (χ2n) is 5.00. The molecule has 1 saturated heterocycles. The van der Waals surface area contributed by atoms with Gasteiger partial charge >= 0.3 is 0 Å². The van der Waals surface area contributed by atoms with E-state index in [1.54, 1.807) is 6.92 Å². The van der Waals surface area contributed by atoms with Gasteiger partial charge in [0, 0.05) is 25.7 Å². The van der Waals surface area contributed by atoms with Crippen molar-refractivity contribution in [3.63, 3.8) is 0 Å². The molecule has 1 amide bonds. The van der Waals surface area contributed by atoms with Gasteiger partial charge in [0.05, 0.1) is 6.04 Å². The quantitative estimate of drug-likeness (QED) is 0.824. The highest BCUT2D eigenvalue weighted by Crippen LogP contribution is 2.13. The van der Waals surface area contributed by atoms with E-state index >= 15 is 0 Å². The van der Waals surface area contributed by atoms with Gasteiger partial charge in [-0.1, -0.05) is 30.3 Å². The number of amides is 1. The minimum atomic E-state index is -0.423. The number of benzene rings is 1. The van der Waals surface area contributed by atoms with Gasteiger partial charge < -0.3 is 11.1 Å². The lowest BCUT2D eigenvalue weighted by molar-refractivity contribution is -0.122. The summed E-state index contributed by atoms with van der Waals surface area (Å²) in [5.41, 5.74) is 6.86. The molecule has 1 fully saturated rings.